The van der Waals surface area contributed by atoms with E-state index >= 15 is 0 Å². The average molecular weight is 431 g/mol. The Morgan fingerprint density at radius 1 is 0.758 bits per heavy atom. The summed E-state index contributed by atoms with van der Waals surface area (Å²) in [4.78, 5) is 12.9. The molecule has 0 aliphatic heterocycles. The fraction of sp³-hybridized carbons (Fsp3) is 0.0357. The summed E-state index contributed by atoms with van der Waals surface area (Å²) in [6.45, 7) is 2.05. The summed E-state index contributed by atoms with van der Waals surface area (Å²) >= 11 is 0. The van der Waals surface area contributed by atoms with Crippen LogP contribution in [0.3, 0.4) is 0 Å². The van der Waals surface area contributed by atoms with Crippen molar-refractivity contribution >= 4 is 33.9 Å². The Balaban J connectivity index is 1.32. The van der Waals surface area contributed by atoms with Crippen molar-refractivity contribution in [3.63, 3.8) is 0 Å². The van der Waals surface area contributed by atoms with E-state index in [1.807, 2.05) is 78.9 Å². The van der Waals surface area contributed by atoms with Gasteiger partial charge in [-0.15, -0.1) is 10.2 Å². The molecule has 0 aliphatic rings. The van der Waals surface area contributed by atoms with E-state index in [0.29, 0.717) is 11.4 Å². The largest absolute Gasteiger partial charge is 0.339 e. The van der Waals surface area contributed by atoms with Crippen LogP contribution in [0.2, 0.25) is 0 Å². The van der Waals surface area contributed by atoms with Crippen LogP contribution in [0.4, 0.5) is 17.2 Å². The van der Waals surface area contributed by atoms with Gasteiger partial charge in [0.15, 0.2) is 5.82 Å². The molecule has 0 bridgehead atoms. The molecule has 0 unspecified atom stereocenters. The number of aromatic nitrogens is 2. The van der Waals surface area contributed by atoms with Gasteiger partial charge >= 0.3 is 0 Å². The molecule has 0 spiro atoms. The first kappa shape index (κ1) is 20.4. The number of amides is 1. The number of aryl methyl sites for hydroxylation is 1. The van der Waals surface area contributed by atoms with Crippen molar-refractivity contribution in [3.05, 3.63) is 114 Å². The standard InChI is InChI=1S/C28H22N4O/c1-19-7-4-10-21(17-19)25-15-16-27(32-31-25)29-23-12-5-11-22(18-23)28(33)30-26-14-6-9-20-8-2-3-13-24(20)26/h2-18H,1H3,(H,29,32)(H,30,33). The predicted molar refractivity (Wildman–Crippen MR) is 134 cm³/mol. The molecular formula is C28H22N4O. The number of carbonyl (C=O) groups excluding carboxylic acids is 1. The fourth-order valence-corrected chi connectivity index (χ4v) is 3.77. The summed E-state index contributed by atoms with van der Waals surface area (Å²) in [5, 5.41) is 17.0. The zero-order valence-electron chi connectivity index (χ0n) is 18.1. The van der Waals surface area contributed by atoms with Gasteiger partial charge in [0.2, 0.25) is 0 Å². The van der Waals surface area contributed by atoms with Crippen molar-refractivity contribution in [2.24, 2.45) is 0 Å². The maximum absolute atomic E-state index is 12.9. The number of nitrogens with zero attached hydrogens (tertiary/aromatic N) is 2. The summed E-state index contributed by atoms with van der Waals surface area (Å²) in [5.74, 6) is 0.439. The number of nitrogens with one attached hydrogen (secondary N) is 2. The van der Waals surface area contributed by atoms with Gasteiger partial charge < -0.3 is 10.6 Å². The summed E-state index contributed by atoms with van der Waals surface area (Å²) in [6, 6.07) is 33.2. The summed E-state index contributed by atoms with van der Waals surface area (Å²) < 4.78 is 0. The van der Waals surface area contributed by atoms with Gasteiger partial charge in [-0.05, 0) is 54.8 Å². The van der Waals surface area contributed by atoms with Gasteiger partial charge in [-0.25, -0.2) is 0 Å². The van der Waals surface area contributed by atoms with Crippen LogP contribution in [0.1, 0.15) is 15.9 Å². The third kappa shape index (κ3) is 4.57. The second kappa shape index (κ2) is 8.93. The molecule has 33 heavy (non-hydrogen) atoms. The molecule has 0 fully saturated rings. The van der Waals surface area contributed by atoms with Crippen LogP contribution in [0.5, 0.6) is 0 Å². The minimum absolute atomic E-state index is 0.170. The molecule has 5 heteroatoms. The van der Waals surface area contributed by atoms with E-state index in [4.69, 9.17) is 0 Å². The molecule has 2 N–H and O–H groups in total. The summed E-state index contributed by atoms with van der Waals surface area (Å²) in [6.07, 6.45) is 0. The lowest BCUT2D eigenvalue weighted by Crippen LogP contribution is -2.12. The third-order valence-electron chi connectivity index (χ3n) is 5.41. The Morgan fingerprint density at radius 3 is 2.42 bits per heavy atom. The molecule has 1 aromatic heterocycles. The monoisotopic (exact) mass is 430 g/mol. The number of rotatable bonds is 5. The molecule has 1 amide bonds. The predicted octanol–water partition coefficient (Wildman–Crippen LogP) is 6.60. The lowest BCUT2D eigenvalue weighted by Gasteiger charge is -2.10. The van der Waals surface area contributed by atoms with Crippen molar-refractivity contribution in [3.8, 4) is 11.3 Å². The highest BCUT2D eigenvalue weighted by atomic mass is 16.1. The molecule has 160 valence electrons. The van der Waals surface area contributed by atoms with Crippen molar-refractivity contribution < 1.29 is 4.79 Å². The number of anilines is 3. The topological polar surface area (TPSA) is 66.9 Å². The molecule has 0 saturated heterocycles. The van der Waals surface area contributed by atoms with Crippen molar-refractivity contribution in [1.82, 2.24) is 10.2 Å². The SMILES string of the molecule is Cc1cccc(-c2ccc(Nc3cccc(C(=O)Nc4cccc5ccccc45)c3)nn2)c1. The summed E-state index contributed by atoms with van der Waals surface area (Å²) in [5.41, 5.74) is 5.12. The van der Waals surface area contributed by atoms with E-state index in [1.54, 1.807) is 12.1 Å². The first-order valence-electron chi connectivity index (χ1n) is 10.7. The Bertz CT molecular complexity index is 1440. The van der Waals surface area contributed by atoms with Gasteiger partial charge in [-0.1, -0.05) is 66.2 Å². The van der Waals surface area contributed by atoms with Crippen LogP contribution < -0.4 is 10.6 Å². The zero-order chi connectivity index (χ0) is 22.6. The van der Waals surface area contributed by atoms with E-state index in [1.165, 1.54) is 5.56 Å². The molecule has 0 atom stereocenters. The molecular weight excluding hydrogens is 408 g/mol. The Kier molecular flexibility index (Phi) is 5.52. The molecule has 5 nitrogen and oxygen atoms in total. The maximum Gasteiger partial charge on any atom is 0.255 e. The van der Waals surface area contributed by atoms with Crippen molar-refractivity contribution in [1.29, 1.82) is 0 Å². The van der Waals surface area contributed by atoms with E-state index in [2.05, 4.69) is 39.9 Å². The van der Waals surface area contributed by atoms with Crippen LogP contribution in [0, 0.1) is 6.92 Å². The number of fused-ring (bicyclic) bond motifs is 1. The van der Waals surface area contributed by atoms with Gasteiger partial charge in [0.1, 0.15) is 0 Å². The Morgan fingerprint density at radius 2 is 1.58 bits per heavy atom. The molecule has 0 aliphatic carbocycles. The normalized spacial score (nSPS) is 10.7. The molecule has 1 heterocycles. The fourth-order valence-electron chi connectivity index (χ4n) is 3.77. The van der Waals surface area contributed by atoms with Crippen molar-refractivity contribution in [2.45, 2.75) is 6.92 Å². The number of carbonyl (C=O) groups is 1. The van der Waals surface area contributed by atoms with Gasteiger partial charge in [0.05, 0.1) is 5.69 Å². The average Bonchev–Trinajstić information content (AvgIpc) is 2.85. The minimum atomic E-state index is -0.170. The number of hydrogen-bond donors (Lipinski definition) is 2. The van der Waals surface area contributed by atoms with E-state index in [-0.39, 0.29) is 5.91 Å². The molecule has 5 rings (SSSR count). The quantitative estimate of drug-likeness (QED) is 0.330. The lowest BCUT2D eigenvalue weighted by atomic mass is 10.1. The third-order valence-corrected chi connectivity index (χ3v) is 5.41. The first-order valence-corrected chi connectivity index (χ1v) is 10.7. The van der Waals surface area contributed by atoms with Gasteiger partial charge in [0, 0.05) is 27.9 Å². The minimum Gasteiger partial charge on any atom is -0.339 e. The van der Waals surface area contributed by atoms with E-state index in [9.17, 15) is 4.79 Å². The highest BCUT2D eigenvalue weighted by Crippen LogP contribution is 2.24. The molecule has 0 radical (unpaired) electrons. The van der Waals surface area contributed by atoms with Crippen LogP contribution in [0.15, 0.2) is 103 Å². The first-order chi connectivity index (χ1) is 16.2. The van der Waals surface area contributed by atoms with Crippen LogP contribution in [0.25, 0.3) is 22.0 Å². The smallest absolute Gasteiger partial charge is 0.255 e. The second-order valence-electron chi connectivity index (χ2n) is 7.86. The van der Waals surface area contributed by atoms with Gasteiger partial charge in [-0.2, -0.15) is 0 Å². The van der Waals surface area contributed by atoms with E-state index in [0.717, 1.165) is 33.4 Å². The second-order valence-corrected chi connectivity index (χ2v) is 7.86. The number of benzene rings is 4. The number of hydrogen-bond acceptors (Lipinski definition) is 4. The van der Waals surface area contributed by atoms with Gasteiger partial charge in [0.25, 0.3) is 5.91 Å². The van der Waals surface area contributed by atoms with Crippen LogP contribution in [-0.2, 0) is 0 Å². The maximum atomic E-state index is 12.9. The van der Waals surface area contributed by atoms with Crippen molar-refractivity contribution in [2.75, 3.05) is 10.6 Å². The highest BCUT2D eigenvalue weighted by molar-refractivity contribution is 6.09. The van der Waals surface area contributed by atoms with Crippen LogP contribution >= 0.6 is 0 Å². The zero-order valence-corrected chi connectivity index (χ0v) is 18.1. The van der Waals surface area contributed by atoms with Crippen LogP contribution in [-0.4, -0.2) is 16.1 Å². The molecule has 4 aromatic carbocycles. The highest BCUT2D eigenvalue weighted by Gasteiger charge is 2.10. The molecule has 5 aromatic rings. The molecule has 0 saturated carbocycles. The Hall–Kier alpha value is -4.51. The summed E-state index contributed by atoms with van der Waals surface area (Å²) in [7, 11) is 0. The Labute approximate surface area is 192 Å². The van der Waals surface area contributed by atoms with E-state index < -0.39 is 0 Å². The lowest BCUT2D eigenvalue weighted by molar-refractivity contribution is 0.102. The van der Waals surface area contributed by atoms with Gasteiger partial charge in [-0.3, -0.25) is 4.79 Å².